The number of hydrogen-bond acceptors (Lipinski definition) is 4. The number of aryl methyl sites for hydroxylation is 1. The van der Waals surface area contributed by atoms with E-state index in [9.17, 15) is 0 Å². The fourth-order valence-corrected chi connectivity index (χ4v) is 2.35. The van der Waals surface area contributed by atoms with Gasteiger partial charge in [0, 0.05) is 13.0 Å². The molecule has 0 bridgehead atoms. The van der Waals surface area contributed by atoms with Crippen LogP contribution < -0.4 is 5.73 Å². The largest absolute Gasteiger partial charge is 0.339 e. The Morgan fingerprint density at radius 3 is 2.60 bits per heavy atom. The molecule has 1 saturated carbocycles. The van der Waals surface area contributed by atoms with Crippen LogP contribution in [0.15, 0.2) is 4.52 Å². The van der Waals surface area contributed by atoms with Gasteiger partial charge in [-0.3, -0.25) is 0 Å². The van der Waals surface area contributed by atoms with Crippen LogP contribution in [0.4, 0.5) is 0 Å². The fraction of sp³-hybridized carbons (Fsp3) is 0.818. The third kappa shape index (κ3) is 1.91. The minimum absolute atomic E-state index is 0.0291. The van der Waals surface area contributed by atoms with E-state index >= 15 is 0 Å². The molecule has 15 heavy (non-hydrogen) atoms. The van der Waals surface area contributed by atoms with E-state index in [1.54, 1.807) is 0 Å². The highest BCUT2D eigenvalue weighted by Gasteiger charge is 2.37. The molecular formula is C11H19N3O. The molecule has 0 unspecified atom stereocenters. The lowest BCUT2D eigenvalue weighted by molar-refractivity contribution is 0.219. The van der Waals surface area contributed by atoms with Crippen molar-refractivity contribution in [2.24, 2.45) is 5.73 Å². The standard InChI is InChI=1S/C11H19N3O/c1-2-9-13-10(15-14-9)11(8-12)6-4-3-5-7-11/h2-8,12H2,1H3. The lowest BCUT2D eigenvalue weighted by Gasteiger charge is -2.32. The lowest BCUT2D eigenvalue weighted by Crippen LogP contribution is -2.37. The molecule has 2 N–H and O–H groups in total. The van der Waals surface area contributed by atoms with Crippen molar-refractivity contribution >= 4 is 0 Å². The highest BCUT2D eigenvalue weighted by molar-refractivity contribution is 5.07. The van der Waals surface area contributed by atoms with Gasteiger partial charge in [0.2, 0.25) is 5.89 Å². The van der Waals surface area contributed by atoms with Gasteiger partial charge in [0.1, 0.15) is 0 Å². The average molecular weight is 209 g/mol. The van der Waals surface area contributed by atoms with Gasteiger partial charge in [0.05, 0.1) is 5.41 Å². The summed E-state index contributed by atoms with van der Waals surface area (Å²) in [5.74, 6) is 1.56. The zero-order chi connectivity index (χ0) is 10.7. The predicted octanol–water partition coefficient (Wildman–Crippen LogP) is 1.79. The molecule has 1 aromatic rings. The summed E-state index contributed by atoms with van der Waals surface area (Å²) in [6.45, 7) is 2.66. The zero-order valence-corrected chi connectivity index (χ0v) is 9.33. The van der Waals surface area contributed by atoms with Crippen molar-refractivity contribution in [1.82, 2.24) is 10.1 Å². The molecule has 1 aliphatic rings. The van der Waals surface area contributed by atoms with Gasteiger partial charge in [-0.15, -0.1) is 0 Å². The van der Waals surface area contributed by atoms with Crippen molar-refractivity contribution in [1.29, 1.82) is 0 Å². The van der Waals surface area contributed by atoms with Crippen molar-refractivity contribution in [3.8, 4) is 0 Å². The summed E-state index contributed by atoms with van der Waals surface area (Å²) in [6.07, 6.45) is 6.76. The quantitative estimate of drug-likeness (QED) is 0.824. The maximum absolute atomic E-state index is 5.89. The third-order valence-electron chi connectivity index (χ3n) is 3.44. The molecule has 0 aromatic carbocycles. The van der Waals surface area contributed by atoms with E-state index in [-0.39, 0.29) is 5.41 Å². The number of nitrogens with zero attached hydrogens (tertiary/aromatic N) is 2. The molecule has 0 radical (unpaired) electrons. The minimum atomic E-state index is -0.0291. The fourth-order valence-electron chi connectivity index (χ4n) is 2.35. The van der Waals surface area contributed by atoms with Crippen molar-refractivity contribution in [2.75, 3.05) is 6.54 Å². The van der Waals surface area contributed by atoms with E-state index in [4.69, 9.17) is 10.3 Å². The number of hydrogen-bond donors (Lipinski definition) is 1. The van der Waals surface area contributed by atoms with E-state index in [1.165, 1.54) is 19.3 Å². The first kappa shape index (κ1) is 10.6. The molecule has 2 rings (SSSR count). The molecule has 0 spiro atoms. The van der Waals surface area contributed by atoms with E-state index in [0.29, 0.717) is 6.54 Å². The summed E-state index contributed by atoms with van der Waals surface area (Å²) in [7, 11) is 0. The highest BCUT2D eigenvalue weighted by atomic mass is 16.5. The Labute approximate surface area is 90.2 Å². The molecule has 1 aromatic heterocycles. The molecule has 4 heteroatoms. The number of aromatic nitrogens is 2. The first-order valence-electron chi connectivity index (χ1n) is 5.84. The van der Waals surface area contributed by atoms with Crippen molar-refractivity contribution in [3.05, 3.63) is 11.7 Å². The molecule has 1 fully saturated rings. The second-order valence-electron chi connectivity index (χ2n) is 4.41. The maximum Gasteiger partial charge on any atom is 0.234 e. The Kier molecular flexibility index (Phi) is 3.05. The third-order valence-corrected chi connectivity index (χ3v) is 3.44. The molecule has 84 valence electrons. The Morgan fingerprint density at radius 1 is 1.33 bits per heavy atom. The number of rotatable bonds is 3. The van der Waals surface area contributed by atoms with Gasteiger partial charge in [-0.2, -0.15) is 4.98 Å². The van der Waals surface area contributed by atoms with Crippen LogP contribution in [-0.4, -0.2) is 16.7 Å². The van der Waals surface area contributed by atoms with Crippen molar-refractivity contribution < 1.29 is 4.52 Å². The Hall–Kier alpha value is -0.900. The maximum atomic E-state index is 5.89. The van der Waals surface area contributed by atoms with Crippen molar-refractivity contribution in [2.45, 2.75) is 50.9 Å². The smallest absolute Gasteiger partial charge is 0.234 e. The second-order valence-corrected chi connectivity index (χ2v) is 4.41. The van der Waals surface area contributed by atoms with Gasteiger partial charge in [-0.25, -0.2) is 0 Å². The van der Waals surface area contributed by atoms with Crippen molar-refractivity contribution in [3.63, 3.8) is 0 Å². The van der Waals surface area contributed by atoms with Crippen LogP contribution in [0.2, 0.25) is 0 Å². The number of nitrogens with two attached hydrogens (primary N) is 1. The molecule has 1 aliphatic carbocycles. The van der Waals surface area contributed by atoms with E-state index in [0.717, 1.165) is 31.0 Å². The summed E-state index contributed by atoms with van der Waals surface area (Å²) in [5.41, 5.74) is 5.86. The second kappa shape index (κ2) is 4.31. The van der Waals surface area contributed by atoms with Crippen LogP contribution in [0.1, 0.15) is 50.7 Å². The highest BCUT2D eigenvalue weighted by Crippen LogP contribution is 2.37. The molecule has 1 heterocycles. The zero-order valence-electron chi connectivity index (χ0n) is 9.33. The Balaban J connectivity index is 2.24. The van der Waals surface area contributed by atoms with Gasteiger partial charge in [0.25, 0.3) is 0 Å². The van der Waals surface area contributed by atoms with Crippen LogP contribution in [0.25, 0.3) is 0 Å². The first-order valence-corrected chi connectivity index (χ1v) is 5.84. The molecular weight excluding hydrogens is 190 g/mol. The monoisotopic (exact) mass is 209 g/mol. The van der Waals surface area contributed by atoms with Gasteiger partial charge >= 0.3 is 0 Å². The first-order chi connectivity index (χ1) is 7.30. The van der Waals surface area contributed by atoms with E-state index in [2.05, 4.69) is 10.1 Å². The van der Waals surface area contributed by atoms with E-state index in [1.807, 2.05) is 6.92 Å². The van der Waals surface area contributed by atoms with Gasteiger partial charge in [-0.1, -0.05) is 31.3 Å². The lowest BCUT2D eigenvalue weighted by atomic mass is 9.74. The molecule has 0 saturated heterocycles. The predicted molar refractivity (Wildman–Crippen MR) is 57.5 cm³/mol. The summed E-state index contributed by atoms with van der Waals surface area (Å²) in [5, 5.41) is 3.96. The van der Waals surface area contributed by atoms with Gasteiger partial charge < -0.3 is 10.3 Å². The molecule has 4 nitrogen and oxygen atoms in total. The summed E-state index contributed by atoms with van der Waals surface area (Å²) in [6, 6.07) is 0. The Bertz CT molecular complexity index is 315. The van der Waals surface area contributed by atoms with E-state index < -0.39 is 0 Å². The van der Waals surface area contributed by atoms with Crippen LogP contribution in [0.5, 0.6) is 0 Å². The normalized spacial score (nSPS) is 20.4. The Morgan fingerprint density at radius 2 is 2.07 bits per heavy atom. The molecule has 0 amide bonds. The molecule has 0 atom stereocenters. The molecule has 0 aliphatic heterocycles. The summed E-state index contributed by atoms with van der Waals surface area (Å²) < 4.78 is 5.35. The van der Waals surface area contributed by atoms with Crippen LogP contribution in [-0.2, 0) is 11.8 Å². The minimum Gasteiger partial charge on any atom is -0.339 e. The van der Waals surface area contributed by atoms with Crippen LogP contribution in [0.3, 0.4) is 0 Å². The SMILES string of the molecule is CCc1noc(C2(CN)CCCCC2)n1. The summed E-state index contributed by atoms with van der Waals surface area (Å²) in [4.78, 5) is 4.44. The summed E-state index contributed by atoms with van der Waals surface area (Å²) >= 11 is 0. The van der Waals surface area contributed by atoms with Gasteiger partial charge in [0.15, 0.2) is 5.82 Å². The topological polar surface area (TPSA) is 64.9 Å². The van der Waals surface area contributed by atoms with Gasteiger partial charge in [-0.05, 0) is 12.8 Å². The van der Waals surface area contributed by atoms with Crippen LogP contribution >= 0.6 is 0 Å². The van der Waals surface area contributed by atoms with Crippen LogP contribution in [0, 0.1) is 0 Å². The average Bonchev–Trinajstić information content (AvgIpc) is 2.79.